The molecule has 0 spiro atoms. The molecule has 0 bridgehead atoms. The van der Waals surface area contributed by atoms with Gasteiger partial charge >= 0.3 is 6.03 Å². The SMILES string of the molecule is O=C(COCC(=O)N1CCCN1C(=O)Nc1cccc2ccccc12)Nc1ccc2c(c1)OCO2. The van der Waals surface area contributed by atoms with Gasteiger partial charge in [-0.1, -0.05) is 36.4 Å². The summed E-state index contributed by atoms with van der Waals surface area (Å²) in [6, 6.07) is 18.1. The summed E-state index contributed by atoms with van der Waals surface area (Å²) in [6.45, 7) is 0.315. The molecule has 3 aromatic rings. The number of urea groups is 1. The van der Waals surface area contributed by atoms with Crippen LogP contribution in [0.5, 0.6) is 11.5 Å². The molecule has 2 aliphatic rings. The summed E-state index contributed by atoms with van der Waals surface area (Å²) in [5.74, 6) is 0.356. The smallest absolute Gasteiger partial charge is 0.340 e. The molecule has 1 saturated heterocycles. The van der Waals surface area contributed by atoms with Crippen LogP contribution in [0.15, 0.2) is 60.7 Å². The Kier molecular flexibility index (Phi) is 6.36. The fourth-order valence-electron chi connectivity index (χ4n) is 4.07. The molecule has 0 aliphatic carbocycles. The monoisotopic (exact) mass is 476 g/mol. The molecule has 1 fully saturated rings. The maximum atomic E-state index is 12.9. The van der Waals surface area contributed by atoms with Crippen molar-refractivity contribution in [1.29, 1.82) is 0 Å². The highest BCUT2D eigenvalue weighted by molar-refractivity contribution is 6.02. The zero-order chi connectivity index (χ0) is 24.2. The van der Waals surface area contributed by atoms with E-state index in [-0.39, 0.29) is 20.0 Å². The summed E-state index contributed by atoms with van der Waals surface area (Å²) in [6.07, 6.45) is 0.652. The molecule has 3 aromatic carbocycles. The third kappa shape index (κ3) is 4.97. The van der Waals surface area contributed by atoms with Gasteiger partial charge in [0.05, 0.1) is 5.69 Å². The molecule has 180 valence electrons. The summed E-state index contributed by atoms with van der Waals surface area (Å²) in [5, 5.41) is 10.2. The van der Waals surface area contributed by atoms with Gasteiger partial charge in [-0.3, -0.25) is 9.59 Å². The van der Waals surface area contributed by atoms with Crippen molar-refractivity contribution in [3.8, 4) is 11.5 Å². The zero-order valence-corrected chi connectivity index (χ0v) is 18.9. The predicted molar refractivity (Wildman–Crippen MR) is 128 cm³/mol. The number of amides is 4. The Morgan fingerprint density at radius 2 is 1.66 bits per heavy atom. The van der Waals surface area contributed by atoms with Crippen molar-refractivity contribution in [3.63, 3.8) is 0 Å². The number of hydrazine groups is 1. The van der Waals surface area contributed by atoms with Gasteiger partial charge in [0, 0.05) is 30.2 Å². The lowest BCUT2D eigenvalue weighted by Crippen LogP contribution is -2.48. The van der Waals surface area contributed by atoms with E-state index in [9.17, 15) is 14.4 Å². The Bertz CT molecular complexity index is 1270. The fraction of sp³-hybridized carbons (Fsp3) is 0.240. The van der Waals surface area contributed by atoms with Gasteiger partial charge in [0.1, 0.15) is 13.2 Å². The van der Waals surface area contributed by atoms with Crippen LogP contribution in [0.3, 0.4) is 0 Å². The number of anilines is 2. The van der Waals surface area contributed by atoms with Crippen molar-refractivity contribution in [3.05, 3.63) is 60.7 Å². The lowest BCUT2D eigenvalue weighted by atomic mass is 10.1. The molecule has 5 rings (SSSR count). The maximum absolute atomic E-state index is 12.9. The van der Waals surface area contributed by atoms with E-state index in [0.29, 0.717) is 42.4 Å². The van der Waals surface area contributed by atoms with Crippen molar-refractivity contribution in [1.82, 2.24) is 10.0 Å². The van der Waals surface area contributed by atoms with Crippen LogP contribution in [-0.4, -0.2) is 61.0 Å². The van der Waals surface area contributed by atoms with Gasteiger partial charge in [-0.05, 0) is 30.0 Å². The molecule has 2 heterocycles. The highest BCUT2D eigenvalue weighted by atomic mass is 16.7. The van der Waals surface area contributed by atoms with E-state index in [0.717, 1.165) is 10.8 Å². The number of carbonyl (C=O) groups is 3. The molecule has 0 saturated carbocycles. The Morgan fingerprint density at radius 1 is 0.857 bits per heavy atom. The van der Waals surface area contributed by atoms with E-state index in [1.807, 2.05) is 42.5 Å². The molecule has 0 radical (unpaired) electrons. The van der Waals surface area contributed by atoms with Crippen LogP contribution >= 0.6 is 0 Å². The molecule has 4 amide bonds. The number of rotatable bonds is 6. The van der Waals surface area contributed by atoms with Gasteiger partial charge in [-0.2, -0.15) is 0 Å². The van der Waals surface area contributed by atoms with E-state index < -0.39 is 17.8 Å². The highest BCUT2D eigenvalue weighted by Crippen LogP contribution is 2.34. The van der Waals surface area contributed by atoms with E-state index >= 15 is 0 Å². The first-order valence-electron chi connectivity index (χ1n) is 11.2. The minimum Gasteiger partial charge on any atom is -0.454 e. The number of ether oxygens (including phenoxy) is 3. The first-order chi connectivity index (χ1) is 17.1. The highest BCUT2D eigenvalue weighted by Gasteiger charge is 2.31. The largest absolute Gasteiger partial charge is 0.454 e. The Hall–Kier alpha value is -4.31. The lowest BCUT2D eigenvalue weighted by molar-refractivity contribution is -0.145. The second-order valence-electron chi connectivity index (χ2n) is 8.06. The molecule has 2 N–H and O–H groups in total. The summed E-state index contributed by atoms with van der Waals surface area (Å²) >= 11 is 0. The predicted octanol–water partition coefficient (Wildman–Crippen LogP) is 3.21. The summed E-state index contributed by atoms with van der Waals surface area (Å²) in [7, 11) is 0. The quantitative estimate of drug-likeness (QED) is 0.566. The van der Waals surface area contributed by atoms with Crippen molar-refractivity contribution in [2.24, 2.45) is 0 Å². The van der Waals surface area contributed by atoms with Gasteiger partial charge in [0.2, 0.25) is 12.7 Å². The number of benzene rings is 3. The van der Waals surface area contributed by atoms with E-state index in [2.05, 4.69) is 10.6 Å². The topological polar surface area (TPSA) is 109 Å². The zero-order valence-electron chi connectivity index (χ0n) is 18.9. The minimum absolute atomic E-state index is 0.144. The Balaban J connectivity index is 1.13. The van der Waals surface area contributed by atoms with Gasteiger partial charge in [-0.15, -0.1) is 0 Å². The lowest BCUT2D eigenvalue weighted by Gasteiger charge is -2.28. The van der Waals surface area contributed by atoms with Crippen LogP contribution in [-0.2, 0) is 14.3 Å². The van der Waals surface area contributed by atoms with E-state index in [1.165, 1.54) is 10.0 Å². The molecule has 35 heavy (non-hydrogen) atoms. The maximum Gasteiger partial charge on any atom is 0.340 e. The third-order valence-corrected chi connectivity index (χ3v) is 5.70. The van der Waals surface area contributed by atoms with Crippen LogP contribution in [0.4, 0.5) is 16.2 Å². The molecule has 0 aromatic heterocycles. The average molecular weight is 476 g/mol. The van der Waals surface area contributed by atoms with Crippen molar-refractivity contribution >= 4 is 40.0 Å². The molecule has 0 atom stereocenters. The Morgan fingerprint density at radius 3 is 2.57 bits per heavy atom. The van der Waals surface area contributed by atoms with E-state index in [1.54, 1.807) is 18.2 Å². The van der Waals surface area contributed by atoms with Crippen LogP contribution in [0.1, 0.15) is 6.42 Å². The molecular weight excluding hydrogens is 452 g/mol. The van der Waals surface area contributed by atoms with Crippen LogP contribution in [0.25, 0.3) is 10.8 Å². The normalized spacial score (nSPS) is 14.3. The van der Waals surface area contributed by atoms with Gasteiger partial charge in [0.15, 0.2) is 11.5 Å². The van der Waals surface area contributed by atoms with Gasteiger partial charge < -0.3 is 24.8 Å². The van der Waals surface area contributed by atoms with Crippen molar-refractivity contribution < 1.29 is 28.6 Å². The third-order valence-electron chi connectivity index (χ3n) is 5.70. The number of hydrogen-bond donors (Lipinski definition) is 2. The molecule has 10 nitrogen and oxygen atoms in total. The first-order valence-corrected chi connectivity index (χ1v) is 11.2. The number of fused-ring (bicyclic) bond motifs is 2. The van der Waals surface area contributed by atoms with Crippen LogP contribution in [0, 0.1) is 0 Å². The van der Waals surface area contributed by atoms with Crippen molar-refractivity contribution in [2.45, 2.75) is 6.42 Å². The molecule has 2 aliphatic heterocycles. The van der Waals surface area contributed by atoms with Crippen molar-refractivity contribution in [2.75, 3.05) is 43.7 Å². The number of hydrogen-bond acceptors (Lipinski definition) is 6. The summed E-state index contributed by atoms with van der Waals surface area (Å²) in [4.78, 5) is 37.8. The van der Waals surface area contributed by atoms with Gasteiger partial charge in [0.25, 0.3) is 5.91 Å². The summed E-state index contributed by atoms with van der Waals surface area (Å²) < 4.78 is 15.8. The minimum atomic E-state index is -0.413. The second kappa shape index (κ2) is 9.90. The van der Waals surface area contributed by atoms with Crippen LogP contribution in [0.2, 0.25) is 0 Å². The molecular formula is C25H24N4O6. The summed E-state index contributed by atoms with van der Waals surface area (Å²) in [5.41, 5.74) is 1.20. The fourth-order valence-corrected chi connectivity index (χ4v) is 4.07. The number of nitrogens with one attached hydrogen (secondary N) is 2. The van der Waals surface area contributed by atoms with Crippen LogP contribution < -0.4 is 20.1 Å². The average Bonchev–Trinajstić information content (AvgIpc) is 3.54. The molecule has 0 unspecified atom stereocenters. The van der Waals surface area contributed by atoms with E-state index in [4.69, 9.17) is 14.2 Å². The number of carbonyl (C=O) groups excluding carboxylic acids is 3. The molecule has 10 heteroatoms. The second-order valence-corrected chi connectivity index (χ2v) is 8.06. The Labute approximate surface area is 201 Å². The standard InChI is InChI=1S/C25H24N4O6/c30-23(26-18-9-10-21-22(13-18)35-16-34-21)14-33-15-24(31)28-11-4-12-29(28)25(32)27-20-8-3-6-17-5-1-2-7-19(17)20/h1-3,5-10,13H,4,11-12,14-16H2,(H,26,30)(H,27,32). The number of nitrogens with zero attached hydrogens (tertiary/aromatic N) is 2. The first kappa shape index (κ1) is 22.5. The van der Waals surface area contributed by atoms with Gasteiger partial charge in [-0.25, -0.2) is 14.8 Å².